The maximum Gasteiger partial charge on any atom is -0.0132 e. The van der Waals surface area contributed by atoms with Gasteiger partial charge in [-0.2, -0.15) is 0 Å². The molecular weight excluding hydrogens is 492 g/mol. The number of rotatable bonds is 9. The predicted octanol–water partition coefficient (Wildman–Crippen LogP) is 13.3. The van der Waals surface area contributed by atoms with Gasteiger partial charge < -0.3 is 0 Å². The molecule has 2 rings (SSSR count). The first-order valence-electron chi connectivity index (χ1n) is 15.4. The Morgan fingerprint density at radius 3 is 1.95 bits per heavy atom. The zero-order chi connectivity index (χ0) is 31.6. The summed E-state index contributed by atoms with van der Waals surface area (Å²) in [5.74, 6) is 0. The minimum absolute atomic E-state index is 0.158. The van der Waals surface area contributed by atoms with E-state index in [9.17, 15) is 0 Å². The summed E-state index contributed by atoms with van der Waals surface area (Å²) in [4.78, 5) is 0. The van der Waals surface area contributed by atoms with Crippen molar-refractivity contribution in [1.82, 2.24) is 0 Å². The zero-order valence-corrected chi connectivity index (χ0v) is 28.7. The summed E-state index contributed by atoms with van der Waals surface area (Å²) >= 11 is 0. The normalized spacial score (nSPS) is 12.3. The molecule has 0 N–H and O–H groups in total. The summed E-state index contributed by atoms with van der Waals surface area (Å²) in [5.41, 5.74) is 13.8. The lowest BCUT2D eigenvalue weighted by Gasteiger charge is -2.23. The number of allylic oxidation sites excluding steroid dienone is 9. The van der Waals surface area contributed by atoms with E-state index in [1.54, 1.807) is 6.08 Å². The van der Waals surface area contributed by atoms with Crippen LogP contribution in [0.4, 0.5) is 0 Å². The Morgan fingerprint density at radius 1 is 0.829 bits per heavy atom. The Morgan fingerprint density at radius 2 is 1.44 bits per heavy atom. The van der Waals surface area contributed by atoms with Crippen molar-refractivity contribution in [3.05, 3.63) is 124 Å². The van der Waals surface area contributed by atoms with Crippen LogP contribution in [-0.4, -0.2) is 0 Å². The van der Waals surface area contributed by atoms with Crippen LogP contribution in [-0.2, 0) is 5.41 Å². The van der Waals surface area contributed by atoms with E-state index in [1.807, 2.05) is 13.0 Å². The fourth-order valence-corrected chi connectivity index (χ4v) is 4.79. The number of aryl methyl sites for hydroxylation is 2. The van der Waals surface area contributed by atoms with Crippen molar-refractivity contribution in [3.8, 4) is 0 Å². The molecule has 0 aliphatic rings. The van der Waals surface area contributed by atoms with Crippen molar-refractivity contribution in [2.24, 2.45) is 0 Å². The van der Waals surface area contributed by atoms with Gasteiger partial charge in [0, 0.05) is 0 Å². The first-order chi connectivity index (χ1) is 19.3. The van der Waals surface area contributed by atoms with Gasteiger partial charge in [0.1, 0.15) is 0 Å². The van der Waals surface area contributed by atoms with E-state index in [2.05, 4.69) is 150 Å². The molecule has 0 saturated heterocycles. The summed E-state index contributed by atoms with van der Waals surface area (Å²) in [6, 6.07) is 11.4. The lowest BCUT2D eigenvalue weighted by atomic mass is 9.82. The molecule has 0 aliphatic heterocycles. The van der Waals surface area contributed by atoms with Crippen LogP contribution >= 0.6 is 0 Å². The average molecular weight is 553 g/mol. The molecule has 2 aromatic rings. The molecule has 0 heterocycles. The molecule has 0 bridgehead atoms. The van der Waals surface area contributed by atoms with Crippen molar-refractivity contribution in [2.75, 3.05) is 0 Å². The largest absolute Gasteiger partial charge is 0.103 e. The molecule has 0 spiro atoms. The smallest absolute Gasteiger partial charge is 0.0132 e. The topological polar surface area (TPSA) is 0 Å². The van der Waals surface area contributed by atoms with Gasteiger partial charge in [-0.15, -0.1) is 6.58 Å². The first-order valence-corrected chi connectivity index (χ1v) is 15.4. The van der Waals surface area contributed by atoms with Crippen LogP contribution < -0.4 is 0 Å². The van der Waals surface area contributed by atoms with Crippen molar-refractivity contribution in [1.29, 1.82) is 0 Å². The van der Waals surface area contributed by atoms with E-state index in [0.29, 0.717) is 0 Å². The van der Waals surface area contributed by atoms with Crippen LogP contribution in [0.1, 0.15) is 127 Å². The van der Waals surface area contributed by atoms with Gasteiger partial charge in [-0.1, -0.05) is 133 Å². The van der Waals surface area contributed by atoms with E-state index < -0.39 is 0 Å². The quantitative estimate of drug-likeness (QED) is 0.165. The minimum Gasteiger partial charge on any atom is -0.103 e. The molecule has 2 aromatic carbocycles. The van der Waals surface area contributed by atoms with Gasteiger partial charge in [0.2, 0.25) is 0 Å². The van der Waals surface area contributed by atoms with Gasteiger partial charge in [0.15, 0.2) is 0 Å². The van der Waals surface area contributed by atoms with E-state index in [-0.39, 0.29) is 5.41 Å². The predicted molar refractivity (Wildman–Crippen MR) is 192 cm³/mol. The number of hydrogen-bond acceptors (Lipinski definition) is 0. The molecule has 224 valence electrons. The molecule has 0 unspecified atom stereocenters. The molecule has 0 aromatic heterocycles. The minimum atomic E-state index is 0.158. The second-order valence-corrected chi connectivity index (χ2v) is 11.8. The maximum atomic E-state index is 4.01. The van der Waals surface area contributed by atoms with Crippen molar-refractivity contribution in [3.63, 3.8) is 0 Å². The molecule has 0 atom stereocenters. The Hall–Kier alpha value is -3.12. The molecular formula is C41H60. The Balaban J connectivity index is 0.000000893. The SMILES string of the molecule is C=CC.C=Cc1c(C)ccc(/C(C)=C(\CC)c2cc(C(C)(C)C)ccc2C)c1C.CC/C=C/C=C\C=C(/C)CCC. The van der Waals surface area contributed by atoms with E-state index in [0.717, 1.165) is 12.8 Å². The first kappa shape index (κ1) is 37.9. The summed E-state index contributed by atoms with van der Waals surface area (Å²) in [7, 11) is 0. The maximum absolute atomic E-state index is 4.01. The third kappa shape index (κ3) is 12.9. The molecule has 0 saturated carbocycles. The second kappa shape index (κ2) is 19.9. The van der Waals surface area contributed by atoms with Crippen molar-refractivity contribution in [2.45, 2.75) is 114 Å². The molecule has 0 fully saturated rings. The summed E-state index contributed by atoms with van der Waals surface area (Å²) in [6.07, 6.45) is 18.9. The van der Waals surface area contributed by atoms with Crippen LogP contribution in [0.3, 0.4) is 0 Å². The lowest BCUT2D eigenvalue weighted by molar-refractivity contribution is 0.590. The highest BCUT2D eigenvalue weighted by atomic mass is 14.2. The third-order valence-corrected chi connectivity index (χ3v) is 7.20. The highest BCUT2D eigenvalue weighted by Crippen LogP contribution is 2.35. The number of benzene rings is 2. The second-order valence-electron chi connectivity index (χ2n) is 11.8. The monoisotopic (exact) mass is 552 g/mol. The Kier molecular flexibility index (Phi) is 18.4. The molecule has 0 nitrogen and oxygen atoms in total. The molecule has 41 heavy (non-hydrogen) atoms. The van der Waals surface area contributed by atoms with Gasteiger partial charge in [-0.05, 0) is 116 Å². The summed E-state index contributed by atoms with van der Waals surface area (Å²) in [5, 5.41) is 0. The number of hydrogen-bond donors (Lipinski definition) is 0. The van der Waals surface area contributed by atoms with Crippen LogP contribution in [0.25, 0.3) is 17.2 Å². The molecule has 0 heteroatoms. The molecule has 0 aliphatic carbocycles. The highest BCUT2D eigenvalue weighted by Gasteiger charge is 2.17. The standard InChI is InChI=1S/C26H34.C12H20.C3H6/c1-10-22-17(3)13-15-24(19(22)5)20(6)23(11-2)25-16-21(26(7,8)9)14-12-18(25)4;1-4-6-7-8-9-11-12(3)10-5-2;1-3-2/h10,12-16H,1,11H2,2-9H3;6-9,11H,4-5,10H2,1-3H3;3H,1H2,2H3/b23-20+;7-6+,9-8-,12-11+;. The molecule has 0 radical (unpaired) electrons. The van der Waals surface area contributed by atoms with E-state index in [1.165, 1.54) is 68.5 Å². The van der Waals surface area contributed by atoms with E-state index >= 15 is 0 Å². The van der Waals surface area contributed by atoms with Crippen LogP contribution in [0.2, 0.25) is 0 Å². The van der Waals surface area contributed by atoms with Gasteiger partial charge in [0.05, 0.1) is 0 Å². The van der Waals surface area contributed by atoms with Crippen LogP contribution in [0.15, 0.2) is 85.5 Å². The van der Waals surface area contributed by atoms with Crippen LogP contribution in [0.5, 0.6) is 0 Å². The fourth-order valence-electron chi connectivity index (χ4n) is 4.79. The summed E-state index contributed by atoms with van der Waals surface area (Å²) < 4.78 is 0. The van der Waals surface area contributed by atoms with Gasteiger partial charge in [-0.3, -0.25) is 0 Å². The van der Waals surface area contributed by atoms with Gasteiger partial charge >= 0.3 is 0 Å². The fraction of sp³-hybridized carbons (Fsp3) is 0.415. The highest BCUT2D eigenvalue weighted by molar-refractivity contribution is 5.92. The average Bonchev–Trinajstić information content (AvgIpc) is 2.90. The van der Waals surface area contributed by atoms with Gasteiger partial charge in [-0.25, -0.2) is 0 Å². The zero-order valence-electron chi connectivity index (χ0n) is 28.7. The van der Waals surface area contributed by atoms with Gasteiger partial charge in [0.25, 0.3) is 0 Å². The lowest BCUT2D eigenvalue weighted by Crippen LogP contribution is -2.11. The summed E-state index contributed by atoms with van der Waals surface area (Å²) in [6.45, 7) is 33.8. The molecule has 0 amide bonds. The Bertz CT molecular complexity index is 1220. The Labute approximate surface area is 255 Å². The van der Waals surface area contributed by atoms with Crippen molar-refractivity contribution < 1.29 is 0 Å². The third-order valence-electron chi connectivity index (χ3n) is 7.20. The van der Waals surface area contributed by atoms with Crippen molar-refractivity contribution >= 4 is 17.2 Å². The van der Waals surface area contributed by atoms with Crippen LogP contribution in [0, 0.1) is 20.8 Å². The van der Waals surface area contributed by atoms with E-state index in [4.69, 9.17) is 0 Å².